The number of nitrogens with zero attached hydrogens (tertiary/aromatic N) is 2. The molecule has 0 spiro atoms. The summed E-state index contributed by atoms with van der Waals surface area (Å²) in [4.78, 5) is 18.7. The molecule has 0 aliphatic heterocycles. The molecule has 174 valence electrons. The lowest BCUT2D eigenvalue weighted by molar-refractivity contribution is -0.139. The van der Waals surface area contributed by atoms with Gasteiger partial charge in [0.05, 0.1) is 16.8 Å². The van der Waals surface area contributed by atoms with Gasteiger partial charge < -0.3 is 4.90 Å². The molecule has 0 bridgehead atoms. The van der Waals surface area contributed by atoms with E-state index in [-0.39, 0.29) is 11.1 Å². The number of carbonyl (C=O) groups excluding carboxylic acids is 1. The minimum atomic E-state index is -4.75. The Labute approximate surface area is 186 Å². The first kappa shape index (κ1) is 24.3. The first-order valence-corrected chi connectivity index (χ1v) is 9.88. The van der Waals surface area contributed by atoms with E-state index in [4.69, 9.17) is 0 Å². The van der Waals surface area contributed by atoms with Gasteiger partial charge in [-0.25, -0.2) is 0 Å². The van der Waals surface area contributed by atoms with Crippen LogP contribution in [0.5, 0.6) is 0 Å². The summed E-state index contributed by atoms with van der Waals surface area (Å²) < 4.78 is 79.9. The number of alkyl halides is 6. The van der Waals surface area contributed by atoms with Crippen LogP contribution >= 0.6 is 0 Å². The lowest BCUT2D eigenvalue weighted by Crippen LogP contribution is -2.18. The maximum absolute atomic E-state index is 13.7. The topological polar surface area (TPSA) is 33.2 Å². The van der Waals surface area contributed by atoms with Gasteiger partial charge in [-0.3, -0.25) is 9.78 Å². The van der Waals surface area contributed by atoms with E-state index >= 15 is 0 Å². The Balaban J connectivity index is 2.07. The molecule has 0 saturated heterocycles. The molecule has 0 amide bonds. The van der Waals surface area contributed by atoms with Crippen LogP contribution in [0.25, 0.3) is 0 Å². The van der Waals surface area contributed by atoms with E-state index in [0.717, 1.165) is 42.1 Å². The van der Waals surface area contributed by atoms with Crippen molar-refractivity contribution in [3.05, 3.63) is 94.8 Å². The van der Waals surface area contributed by atoms with Crippen molar-refractivity contribution in [1.29, 1.82) is 0 Å². The molecule has 3 nitrogen and oxygen atoms in total. The van der Waals surface area contributed by atoms with Crippen LogP contribution in [0.15, 0.2) is 66.9 Å². The number of carbonyl (C=O) groups is 1. The SMILES string of the molecule is CN(C)c1cccc(C(=O)C[C@@H](c2ccc(C(F)(F)F)cc2)c2ncccc2C(F)(F)F)c1. The summed E-state index contributed by atoms with van der Waals surface area (Å²) in [5, 5.41) is 0. The highest BCUT2D eigenvalue weighted by molar-refractivity contribution is 5.97. The zero-order valence-electron chi connectivity index (χ0n) is 17.7. The molecule has 0 saturated carbocycles. The number of halogens is 6. The molecule has 9 heteroatoms. The van der Waals surface area contributed by atoms with Gasteiger partial charge in [-0.2, -0.15) is 26.3 Å². The molecule has 1 heterocycles. The summed E-state index contributed by atoms with van der Waals surface area (Å²) >= 11 is 0. The zero-order valence-corrected chi connectivity index (χ0v) is 17.7. The van der Waals surface area contributed by atoms with Gasteiger partial charge in [0, 0.05) is 43.9 Å². The average molecular weight is 466 g/mol. The van der Waals surface area contributed by atoms with Crippen LogP contribution < -0.4 is 4.90 Å². The number of rotatable bonds is 6. The second kappa shape index (κ2) is 9.25. The van der Waals surface area contributed by atoms with Gasteiger partial charge in [0.2, 0.25) is 0 Å². The molecule has 0 N–H and O–H groups in total. The van der Waals surface area contributed by atoms with E-state index < -0.39 is 47.3 Å². The van der Waals surface area contributed by atoms with E-state index in [1.807, 2.05) is 0 Å². The van der Waals surface area contributed by atoms with Gasteiger partial charge in [0.15, 0.2) is 5.78 Å². The molecular weight excluding hydrogens is 446 g/mol. The van der Waals surface area contributed by atoms with E-state index in [9.17, 15) is 31.1 Å². The first-order chi connectivity index (χ1) is 15.4. The summed E-state index contributed by atoms with van der Waals surface area (Å²) in [5.74, 6) is -1.65. The van der Waals surface area contributed by atoms with Gasteiger partial charge in [0.1, 0.15) is 0 Å². The molecule has 0 fully saturated rings. The fourth-order valence-corrected chi connectivity index (χ4v) is 3.47. The fourth-order valence-electron chi connectivity index (χ4n) is 3.47. The highest BCUT2D eigenvalue weighted by Gasteiger charge is 2.37. The lowest BCUT2D eigenvalue weighted by atomic mass is 9.86. The standard InChI is InChI=1S/C24H20F6N2O/c1-32(2)18-6-3-5-16(13-18)21(33)14-19(15-8-10-17(11-9-15)23(25,26)27)22-20(24(28,29)30)7-4-12-31-22/h3-13,19H,14H2,1-2H3/t19-/m0/s1. The average Bonchev–Trinajstić information content (AvgIpc) is 2.76. The van der Waals surface area contributed by atoms with E-state index in [1.54, 1.807) is 43.3 Å². The number of pyridine rings is 1. The van der Waals surface area contributed by atoms with E-state index in [1.165, 1.54) is 6.20 Å². The van der Waals surface area contributed by atoms with Crippen LogP contribution in [0.1, 0.15) is 45.1 Å². The minimum Gasteiger partial charge on any atom is -0.378 e. The number of hydrogen-bond donors (Lipinski definition) is 0. The number of ketones is 1. The summed E-state index contributed by atoms with van der Waals surface area (Å²) in [5.41, 5.74) is -1.26. The minimum absolute atomic E-state index is 0.129. The molecule has 1 atom stereocenters. The molecule has 3 rings (SSSR count). The van der Waals surface area contributed by atoms with Crippen LogP contribution in [0.2, 0.25) is 0 Å². The molecule has 3 aromatic rings. The number of anilines is 1. The summed E-state index contributed by atoms with van der Waals surface area (Å²) in [7, 11) is 3.55. The summed E-state index contributed by atoms with van der Waals surface area (Å²) in [6, 6.07) is 12.3. The monoisotopic (exact) mass is 466 g/mol. The smallest absolute Gasteiger partial charge is 0.378 e. The Morgan fingerprint density at radius 1 is 0.909 bits per heavy atom. The van der Waals surface area contributed by atoms with Gasteiger partial charge in [-0.05, 0) is 42.0 Å². The quantitative estimate of drug-likeness (QED) is 0.304. The van der Waals surface area contributed by atoms with E-state index in [0.29, 0.717) is 0 Å². The molecule has 0 aliphatic carbocycles. The third kappa shape index (κ3) is 5.71. The van der Waals surface area contributed by atoms with Crippen LogP contribution in [0.3, 0.4) is 0 Å². The highest BCUT2D eigenvalue weighted by Crippen LogP contribution is 2.39. The Morgan fingerprint density at radius 2 is 1.58 bits per heavy atom. The van der Waals surface area contributed by atoms with Crippen molar-refractivity contribution >= 4 is 11.5 Å². The third-order valence-electron chi connectivity index (χ3n) is 5.19. The zero-order chi connectivity index (χ0) is 24.4. The lowest BCUT2D eigenvalue weighted by Gasteiger charge is -2.21. The predicted molar refractivity (Wildman–Crippen MR) is 112 cm³/mol. The van der Waals surface area contributed by atoms with Crippen LogP contribution in [0, 0.1) is 0 Å². The Kier molecular flexibility index (Phi) is 6.81. The maximum Gasteiger partial charge on any atom is 0.418 e. The van der Waals surface area contributed by atoms with Crippen LogP contribution in [-0.4, -0.2) is 24.9 Å². The second-order valence-corrected chi connectivity index (χ2v) is 7.68. The molecule has 2 aromatic carbocycles. The molecule has 1 aromatic heterocycles. The first-order valence-electron chi connectivity index (χ1n) is 9.88. The number of benzene rings is 2. The van der Waals surface area contributed by atoms with Crippen molar-refractivity contribution in [1.82, 2.24) is 4.98 Å². The highest BCUT2D eigenvalue weighted by atomic mass is 19.4. The number of Topliss-reactive ketones (excluding diaryl/α,β-unsaturated/α-hetero) is 1. The van der Waals surface area contributed by atoms with Crippen molar-refractivity contribution in [3.63, 3.8) is 0 Å². The van der Waals surface area contributed by atoms with Gasteiger partial charge in [-0.1, -0.05) is 24.3 Å². The van der Waals surface area contributed by atoms with Crippen molar-refractivity contribution in [2.75, 3.05) is 19.0 Å². The predicted octanol–water partition coefficient (Wildman–Crippen LogP) is 6.59. The van der Waals surface area contributed by atoms with E-state index in [2.05, 4.69) is 4.98 Å². The number of aromatic nitrogens is 1. The molecule has 0 unspecified atom stereocenters. The summed E-state index contributed by atoms with van der Waals surface area (Å²) in [6.07, 6.45) is -8.58. The van der Waals surface area contributed by atoms with Gasteiger partial charge in [0.25, 0.3) is 0 Å². The molecular formula is C24H20F6N2O. The largest absolute Gasteiger partial charge is 0.418 e. The van der Waals surface area contributed by atoms with Crippen molar-refractivity contribution in [3.8, 4) is 0 Å². The molecule has 33 heavy (non-hydrogen) atoms. The van der Waals surface area contributed by atoms with Crippen molar-refractivity contribution < 1.29 is 31.1 Å². The van der Waals surface area contributed by atoms with Crippen LogP contribution in [-0.2, 0) is 12.4 Å². The number of hydrogen-bond acceptors (Lipinski definition) is 3. The van der Waals surface area contributed by atoms with Crippen molar-refractivity contribution in [2.24, 2.45) is 0 Å². The van der Waals surface area contributed by atoms with Gasteiger partial charge in [-0.15, -0.1) is 0 Å². The molecule has 0 aliphatic rings. The normalized spacial score (nSPS) is 13.0. The Hall–Kier alpha value is -3.36. The Morgan fingerprint density at radius 3 is 2.15 bits per heavy atom. The molecule has 0 radical (unpaired) electrons. The third-order valence-corrected chi connectivity index (χ3v) is 5.19. The summed E-state index contributed by atoms with van der Waals surface area (Å²) in [6.45, 7) is 0. The second-order valence-electron chi connectivity index (χ2n) is 7.68. The van der Waals surface area contributed by atoms with Gasteiger partial charge >= 0.3 is 12.4 Å². The Bertz CT molecular complexity index is 1120. The maximum atomic E-state index is 13.7. The fraction of sp³-hybridized carbons (Fsp3) is 0.250. The van der Waals surface area contributed by atoms with Crippen molar-refractivity contribution in [2.45, 2.75) is 24.7 Å². The van der Waals surface area contributed by atoms with Crippen LogP contribution in [0.4, 0.5) is 32.0 Å².